The third-order valence-corrected chi connectivity index (χ3v) is 5.82. The van der Waals surface area contributed by atoms with E-state index in [9.17, 15) is 13.2 Å². The molecule has 0 saturated carbocycles. The summed E-state index contributed by atoms with van der Waals surface area (Å²) in [5.74, 6) is -0.130. The zero-order valence-electron chi connectivity index (χ0n) is 13.3. The summed E-state index contributed by atoms with van der Waals surface area (Å²) in [6.07, 6.45) is 4.93. The van der Waals surface area contributed by atoms with Crippen LogP contribution < -0.4 is 5.32 Å². The van der Waals surface area contributed by atoms with Gasteiger partial charge in [0.2, 0.25) is 15.9 Å². The number of aromatic nitrogens is 2. The molecule has 0 radical (unpaired) electrons. The Morgan fingerprint density at radius 3 is 2.75 bits per heavy atom. The number of hydrogen-bond acceptors (Lipinski definition) is 4. The predicted molar refractivity (Wildman–Crippen MR) is 90.3 cm³/mol. The number of para-hydroxylation sites is 1. The Labute approximate surface area is 141 Å². The predicted octanol–water partition coefficient (Wildman–Crippen LogP) is 0.567. The minimum atomic E-state index is -3.23. The summed E-state index contributed by atoms with van der Waals surface area (Å²) in [5.41, 5.74) is 1.99. The number of amides is 1. The van der Waals surface area contributed by atoms with Gasteiger partial charge < -0.3 is 5.32 Å². The van der Waals surface area contributed by atoms with Crippen LogP contribution in [-0.4, -0.2) is 53.8 Å². The van der Waals surface area contributed by atoms with Crippen LogP contribution in [0.1, 0.15) is 12.0 Å². The van der Waals surface area contributed by atoms with Crippen LogP contribution >= 0.6 is 0 Å². The van der Waals surface area contributed by atoms with Crippen LogP contribution in [0.2, 0.25) is 0 Å². The van der Waals surface area contributed by atoms with Gasteiger partial charge in [0.15, 0.2) is 0 Å². The maximum atomic E-state index is 11.9. The molecule has 0 aliphatic carbocycles. The summed E-state index contributed by atoms with van der Waals surface area (Å²) in [7, 11) is -3.23. The largest absolute Gasteiger partial charge is 0.355 e. The van der Waals surface area contributed by atoms with E-state index in [1.54, 1.807) is 10.9 Å². The fourth-order valence-corrected chi connectivity index (χ4v) is 4.12. The summed E-state index contributed by atoms with van der Waals surface area (Å²) in [6.45, 7) is 0.790. The molecule has 0 spiro atoms. The van der Waals surface area contributed by atoms with Gasteiger partial charge in [-0.05, 0) is 30.5 Å². The van der Waals surface area contributed by atoms with Crippen molar-refractivity contribution in [2.75, 3.05) is 25.4 Å². The van der Waals surface area contributed by atoms with Crippen molar-refractivity contribution in [2.45, 2.75) is 12.8 Å². The van der Waals surface area contributed by atoms with E-state index in [1.807, 2.05) is 36.5 Å². The fraction of sp³-hybridized carbons (Fsp3) is 0.375. The van der Waals surface area contributed by atoms with Crippen molar-refractivity contribution >= 4 is 15.9 Å². The van der Waals surface area contributed by atoms with E-state index in [1.165, 1.54) is 4.31 Å². The number of sulfonamides is 1. The molecule has 0 unspecified atom stereocenters. The van der Waals surface area contributed by atoms with Gasteiger partial charge >= 0.3 is 0 Å². The lowest BCUT2D eigenvalue weighted by Gasteiger charge is -2.13. The highest BCUT2D eigenvalue weighted by Crippen LogP contribution is 2.12. The van der Waals surface area contributed by atoms with E-state index in [0.29, 0.717) is 25.9 Å². The minimum Gasteiger partial charge on any atom is -0.355 e. The average molecular weight is 348 g/mol. The smallest absolute Gasteiger partial charge is 0.235 e. The monoisotopic (exact) mass is 348 g/mol. The Morgan fingerprint density at radius 2 is 2.04 bits per heavy atom. The van der Waals surface area contributed by atoms with Crippen LogP contribution in [0, 0.1) is 0 Å². The molecular formula is C16H20N4O3S. The molecule has 1 aliphatic heterocycles. The topological polar surface area (TPSA) is 84.3 Å². The fourth-order valence-electron chi connectivity index (χ4n) is 2.64. The van der Waals surface area contributed by atoms with Gasteiger partial charge in [-0.1, -0.05) is 18.2 Å². The van der Waals surface area contributed by atoms with Gasteiger partial charge in [0, 0.05) is 19.3 Å². The second-order valence-corrected chi connectivity index (χ2v) is 7.82. The standard InChI is InChI=1S/C16H20N4O3S/c21-16(13-19-9-4-10-24(19,22)23)17-8-7-14-11-18-20(12-14)15-5-2-1-3-6-15/h1-3,5-6,11-12H,4,7-10,13H2,(H,17,21). The molecule has 1 amide bonds. The summed E-state index contributed by atoms with van der Waals surface area (Å²) < 4.78 is 26.4. The van der Waals surface area contributed by atoms with Crippen LogP contribution in [0.15, 0.2) is 42.7 Å². The second-order valence-electron chi connectivity index (χ2n) is 5.73. The van der Waals surface area contributed by atoms with E-state index in [4.69, 9.17) is 0 Å². The molecule has 128 valence electrons. The highest BCUT2D eigenvalue weighted by atomic mass is 32.2. The molecule has 1 N–H and O–H groups in total. The van der Waals surface area contributed by atoms with E-state index in [0.717, 1.165) is 11.3 Å². The van der Waals surface area contributed by atoms with Crippen molar-refractivity contribution in [3.05, 3.63) is 48.3 Å². The zero-order chi connectivity index (χ0) is 17.0. The van der Waals surface area contributed by atoms with Gasteiger partial charge in [-0.15, -0.1) is 0 Å². The summed E-state index contributed by atoms with van der Waals surface area (Å²) >= 11 is 0. The number of benzene rings is 1. The normalized spacial score (nSPS) is 17.0. The number of carbonyl (C=O) groups excluding carboxylic acids is 1. The van der Waals surface area contributed by atoms with E-state index >= 15 is 0 Å². The highest BCUT2D eigenvalue weighted by Gasteiger charge is 2.29. The molecule has 1 saturated heterocycles. The molecule has 1 fully saturated rings. The van der Waals surface area contributed by atoms with Gasteiger partial charge in [0.1, 0.15) is 0 Å². The third-order valence-electron chi connectivity index (χ3n) is 3.92. The van der Waals surface area contributed by atoms with Gasteiger partial charge in [-0.3, -0.25) is 4.79 Å². The van der Waals surface area contributed by atoms with Crippen molar-refractivity contribution in [1.82, 2.24) is 19.4 Å². The Bertz CT molecular complexity index is 802. The van der Waals surface area contributed by atoms with E-state index in [-0.39, 0.29) is 18.2 Å². The lowest BCUT2D eigenvalue weighted by molar-refractivity contribution is -0.121. The van der Waals surface area contributed by atoms with Crippen molar-refractivity contribution < 1.29 is 13.2 Å². The Kier molecular flexibility index (Phi) is 4.96. The molecule has 2 aromatic rings. The van der Waals surface area contributed by atoms with Crippen LogP contribution in [0.5, 0.6) is 0 Å². The van der Waals surface area contributed by atoms with E-state index < -0.39 is 10.0 Å². The molecule has 7 nitrogen and oxygen atoms in total. The van der Waals surface area contributed by atoms with Crippen LogP contribution in [0.25, 0.3) is 5.69 Å². The second kappa shape index (κ2) is 7.14. The van der Waals surface area contributed by atoms with Crippen molar-refractivity contribution in [3.63, 3.8) is 0 Å². The first kappa shape index (κ1) is 16.7. The zero-order valence-corrected chi connectivity index (χ0v) is 14.1. The number of nitrogens with zero attached hydrogens (tertiary/aromatic N) is 3. The van der Waals surface area contributed by atoms with Gasteiger partial charge in [0.05, 0.1) is 24.2 Å². The number of hydrogen-bond donors (Lipinski definition) is 1. The Balaban J connectivity index is 1.47. The summed E-state index contributed by atoms with van der Waals surface area (Å²) in [4.78, 5) is 11.9. The van der Waals surface area contributed by atoms with Crippen LogP contribution in [-0.2, 0) is 21.2 Å². The van der Waals surface area contributed by atoms with Gasteiger partial charge in [0.25, 0.3) is 0 Å². The summed E-state index contributed by atoms with van der Waals surface area (Å²) in [6, 6.07) is 9.78. The van der Waals surface area contributed by atoms with Gasteiger partial charge in [-0.2, -0.15) is 9.40 Å². The lowest BCUT2D eigenvalue weighted by atomic mass is 10.2. The molecule has 8 heteroatoms. The molecule has 1 aromatic heterocycles. The van der Waals surface area contributed by atoms with Crippen molar-refractivity contribution in [2.24, 2.45) is 0 Å². The van der Waals surface area contributed by atoms with Crippen molar-refractivity contribution in [3.8, 4) is 5.69 Å². The molecule has 1 aromatic carbocycles. The lowest BCUT2D eigenvalue weighted by Crippen LogP contribution is -2.38. The first-order valence-corrected chi connectivity index (χ1v) is 9.49. The number of rotatable bonds is 6. The van der Waals surface area contributed by atoms with Crippen molar-refractivity contribution in [1.29, 1.82) is 0 Å². The molecular weight excluding hydrogens is 328 g/mol. The average Bonchev–Trinajstić information content (AvgIpc) is 3.15. The minimum absolute atomic E-state index is 0.0917. The SMILES string of the molecule is O=C(CN1CCCS1(=O)=O)NCCc1cnn(-c2ccccc2)c1. The number of carbonyl (C=O) groups is 1. The maximum absolute atomic E-state index is 11.9. The van der Waals surface area contributed by atoms with Crippen LogP contribution in [0.4, 0.5) is 0 Å². The molecule has 2 heterocycles. The Morgan fingerprint density at radius 1 is 1.25 bits per heavy atom. The number of nitrogens with one attached hydrogen (secondary N) is 1. The molecule has 0 atom stereocenters. The molecule has 3 rings (SSSR count). The Hall–Kier alpha value is -2.19. The van der Waals surface area contributed by atoms with Gasteiger partial charge in [-0.25, -0.2) is 13.1 Å². The highest BCUT2D eigenvalue weighted by molar-refractivity contribution is 7.89. The third kappa shape index (κ3) is 4.01. The van der Waals surface area contributed by atoms with E-state index in [2.05, 4.69) is 10.4 Å². The first-order valence-electron chi connectivity index (χ1n) is 7.88. The maximum Gasteiger partial charge on any atom is 0.235 e. The first-order chi connectivity index (χ1) is 11.5. The molecule has 24 heavy (non-hydrogen) atoms. The quantitative estimate of drug-likeness (QED) is 0.827. The summed E-state index contributed by atoms with van der Waals surface area (Å²) in [5, 5.41) is 7.07. The van der Waals surface area contributed by atoms with Crippen LogP contribution in [0.3, 0.4) is 0 Å². The molecule has 0 bridgehead atoms. The molecule has 1 aliphatic rings.